The molecular formula is C16H14F2O2. The van der Waals surface area contributed by atoms with Gasteiger partial charge >= 0.3 is 0 Å². The molecule has 1 aliphatic heterocycles. The average Bonchev–Trinajstić information content (AvgIpc) is 2.49. The van der Waals surface area contributed by atoms with Crippen LogP contribution < -0.4 is 4.74 Å². The Labute approximate surface area is 115 Å². The molecule has 0 spiro atoms. The standard InChI is InChI=1S/C16H14F2O2/c17-13-6-5-10(9-14(13)18)16(19)12-7-8-20-15-4-2-1-3-11(12)15/h1-6,9,12,16,19H,7-8H2. The van der Waals surface area contributed by atoms with E-state index in [0.29, 0.717) is 18.6 Å². The van der Waals surface area contributed by atoms with E-state index in [-0.39, 0.29) is 5.92 Å². The van der Waals surface area contributed by atoms with Crippen molar-refractivity contribution in [3.05, 3.63) is 65.2 Å². The highest BCUT2D eigenvalue weighted by molar-refractivity contribution is 5.39. The summed E-state index contributed by atoms with van der Waals surface area (Å²) in [6.07, 6.45) is -0.243. The van der Waals surface area contributed by atoms with E-state index in [4.69, 9.17) is 4.74 Å². The van der Waals surface area contributed by atoms with Crippen molar-refractivity contribution >= 4 is 0 Å². The van der Waals surface area contributed by atoms with Crippen LogP contribution in [0.4, 0.5) is 8.78 Å². The first-order valence-electron chi connectivity index (χ1n) is 6.51. The zero-order chi connectivity index (χ0) is 14.1. The maximum atomic E-state index is 13.3. The molecule has 0 aromatic heterocycles. The second kappa shape index (κ2) is 5.21. The Hall–Kier alpha value is -1.94. The number of aliphatic hydroxyl groups is 1. The van der Waals surface area contributed by atoms with E-state index in [1.807, 2.05) is 24.3 Å². The smallest absolute Gasteiger partial charge is 0.159 e. The van der Waals surface area contributed by atoms with Crippen molar-refractivity contribution in [3.8, 4) is 5.75 Å². The quantitative estimate of drug-likeness (QED) is 0.908. The summed E-state index contributed by atoms with van der Waals surface area (Å²) in [5.74, 6) is -1.29. The summed E-state index contributed by atoms with van der Waals surface area (Å²) in [4.78, 5) is 0. The Bertz CT molecular complexity index is 628. The number of ether oxygens (including phenoxy) is 1. The van der Waals surface area contributed by atoms with E-state index < -0.39 is 17.7 Å². The van der Waals surface area contributed by atoms with Crippen LogP contribution in [0.25, 0.3) is 0 Å². The van der Waals surface area contributed by atoms with Crippen molar-refractivity contribution in [3.63, 3.8) is 0 Å². The molecule has 1 heterocycles. The Balaban J connectivity index is 1.95. The highest BCUT2D eigenvalue weighted by atomic mass is 19.2. The fourth-order valence-corrected chi connectivity index (χ4v) is 2.63. The average molecular weight is 276 g/mol. The van der Waals surface area contributed by atoms with E-state index in [0.717, 1.165) is 23.4 Å². The lowest BCUT2D eigenvalue weighted by Crippen LogP contribution is -2.20. The molecule has 0 radical (unpaired) electrons. The summed E-state index contributed by atoms with van der Waals surface area (Å²) in [5.41, 5.74) is 1.28. The number of fused-ring (bicyclic) bond motifs is 1. The maximum absolute atomic E-state index is 13.3. The minimum absolute atomic E-state index is 0.176. The first-order chi connectivity index (χ1) is 9.66. The van der Waals surface area contributed by atoms with E-state index in [1.54, 1.807) is 0 Å². The molecule has 2 atom stereocenters. The summed E-state index contributed by atoms with van der Waals surface area (Å²) in [5, 5.41) is 10.5. The van der Waals surface area contributed by atoms with E-state index in [2.05, 4.69) is 0 Å². The van der Waals surface area contributed by atoms with Crippen LogP contribution in [0, 0.1) is 11.6 Å². The predicted octanol–water partition coefficient (Wildman–Crippen LogP) is 3.56. The number of para-hydroxylation sites is 1. The van der Waals surface area contributed by atoms with Crippen LogP contribution in [-0.2, 0) is 0 Å². The van der Waals surface area contributed by atoms with E-state index >= 15 is 0 Å². The zero-order valence-corrected chi connectivity index (χ0v) is 10.7. The minimum atomic E-state index is -0.943. The van der Waals surface area contributed by atoms with Gasteiger partial charge in [-0.05, 0) is 30.2 Å². The monoisotopic (exact) mass is 276 g/mol. The number of aliphatic hydroxyl groups excluding tert-OH is 1. The Morgan fingerprint density at radius 1 is 1.10 bits per heavy atom. The predicted molar refractivity (Wildman–Crippen MR) is 70.6 cm³/mol. The lowest BCUT2D eigenvalue weighted by Gasteiger charge is -2.29. The molecule has 3 rings (SSSR count). The summed E-state index contributed by atoms with van der Waals surface area (Å²) >= 11 is 0. The molecule has 2 unspecified atom stereocenters. The number of hydrogen-bond donors (Lipinski definition) is 1. The van der Waals surface area contributed by atoms with Gasteiger partial charge in [-0.1, -0.05) is 24.3 Å². The van der Waals surface area contributed by atoms with Crippen LogP contribution in [-0.4, -0.2) is 11.7 Å². The van der Waals surface area contributed by atoms with Crippen molar-refractivity contribution in [1.82, 2.24) is 0 Å². The minimum Gasteiger partial charge on any atom is -0.493 e. The first-order valence-corrected chi connectivity index (χ1v) is 6.51. The number of halogens is 2. The second-order valence-corrected chi connectivity index (χ2v) is 4.90. The number of rotatable bonds is 2. The molecule has 2 aromatic carbocycles. The third kappa shape index (κ3) is 2.27. The SMILES string of the molecule is OC(c1ccc(F)c(F)c1)C1CCOc2ccccc21. The van der Waals surface area contributed by atoms with Crippen molar-refractivity contribution in [1.29, 1.82) is 0 Å². The lowest BCUT2D eigenvalue weighted by molar-refractivity contribution is 0.117. The highest BCUT2D eigenvalue weighted by Crippen LogP contribution is 2.41. The van der Waals surface area contributed by atoms with Gasteiger partial charge in [0.25, 0.3) is 0 Å². The van der Waals surface area contributed by atoms with Crippen LogP contribution in [0.1, 0.15) is 29.6 Å². The van der Waals surface area contributed by atoms with Gasteiger partial charge in [0, 0.05) is 11.5 Å². The molecule has 2 nitrogen and oxygen atoms in total. The van der Waals surface area contributed by atoms with Crippen LogP contribution in [0.15, 0.2) is 42.5 Å². The third-order valence-electron chi connectivity index (χ3n) is 3.67. The van der Waals surface area contributed by atoms with Gasteiger partial charge in [0.05, 0.1) is 12.7 Å². The normalized spacial score (nSPS) is 19.1. The van der Waals surface area contributed by atoms with Gasteiger partial charge in [0.2, 0.25) is 0 Å². The summed E-state index contributed by atoms with van der Waals surface area (Å²) in [7, 11) is 0. The molecule has 2 aromatic rings. The van der Waals surface area contributed by atoms with E-state index in [1.165, 1.54) is 6.07 Å². The van der Waals surface area contributed by atoms with Crippen molar-refractivity contribution in [2.75, 3.05) is 6.61 Å². The first kappa shape index (κ1) is 13.1. The molecule has 0 saturated heterocycles. The van der Waals surface area contributed by atoms with Crippen LogP contribution in [0.5, 0.6) is 5.75 Å². The Morgan fingerprint density at radius 3 is 2.70 bits per heavy atom. The van der Waals surface area contributed by atoms with Gasteiger partial charge in [0.15, 0.2) is 11.6 Å². The largest absolute Gasteiger partial charge is 0.493 e. The number of benzene rings is 2. The van der Waals surface area contributed by atoms with Gasteiger partial charge in [-0.25, -0.2) is 8.78 Å². The van der Waals surface area contributed by atoms with Crippen molar-refractivity contribution in [2.24, 2.45) is 0 Å². The van der Waals surface area contributed by atoms with E-state index in [9.17, 15) is 13.9 Å². The molecular weight excluding hydrogens is 262 g/mol. The van der Waals surface area contributed by atoms with Gasteiger partial charge in [0.1, 0.15) is 5.75 Å². The topological polar surface area (TPSA) is 29.5 Å². The van der Waals surface area contributed by atoms with Crippen LogP contribution in [0.2, 0.25) is 0 Å². The summed E-state index contributed by atoms with van der Waals surface area (Å²) in [6.45, 7) is 0.502. The molecule has 0 aliphatic carbocycles. The van der Waals surface area contributed by atoms with Gasteiger partial charge in [-0.2, -0.15) is 0 Å². The van der Waals surface area contributed by atoms with Gasteiger partial charge in [-0.3, -0.25) is 0 Å². The molecule has 1 N–H and O–H groups in total. The zero-order valence-electron chi connectivity index (χ0n) is 10.7. The van der Waals surface area contributed by atoms with Crippen molar-refractivity contribution in [2.45, 2.75) is 18.4 Å². The van der Waals surface area contributed by atoms with Gasteiger partial charge in [-0.15, -0.1) is 0 Å². The van der Waals surface area contributed by atoms with Crippen LogP contribution >= 0.6 is 0 Å². The fraction of sp³-hybridized carbons (Fsp3) is 0.250. The number of hydrogen-bond acceptors (Lipinski definition) is 2. The maximum Gasteiger partial charge on any atom is 0.159 e. The molecule has 104 valence electrons. The molecule has 0 amide bonds. The van der Waals surface area contributed by atoms with Gasteiger partial charge < -0.3 is 9.84 Å². The highest BCUT2D eigenvalue weighted by Gasteiger charge is 2.28. The molecule has 0 saturated carbocycles. The molecule has 4 heteroatoms. The summed E-state index contributed by atoms with van der Waals surface area (Å²) < 4.78 is 31.8. The van der Waals surface area contributed by atoms with Crippen molar-refractivity contribution < 1.29 is 18.6 Å². The molecule has 1 aliphatic rings. The lowest BCUT2D eigenvalue weighted by atomic mass is 9.85. The second-order valence-electron chi connectivity index (χ2n) is 4.90. The summed E-state index contributed by atoms with van der Waals surface area (Å²) in [6, 6.07) is 11.0. The Morgan fingerprint density at radius 2 is 1.90 bits per heavy atom. The third-order valence-corrected chi connectivity index (χ3v) is 3.67. The molecule has 0 bridgehead atoms. The molecule has 20 heavy (non-hydrogen) atoms. The van der Waals surface area contributed by atoms with Crippen LogP contribution in [0.3, 0.4) is 0 Å². The Kier molecular flexibility index (Phi) is 3.40. The fourth-order valence-electron chi connectivity index (χ4n) is 2.63. The molecule has 0 fully saturated rings.